The fraction of sp³-hybridized carbons (Fsp3) is 0. The first-order chi connectivity index (χ1) is 14.1. The van der Waals surface area contributed by atoms with Crippen LogP contribution in [-0.4, -0.2) is 21.0 Å². The number of ketones is 2. The van der Waals surface area contributed by atoms with Crippen LogP contribution in [0.15, 0.2) is 78.9 Å². The minimum atomic E-state index is -0.586. The Labute approximate surface area is 175 Å². The summed E-state index contributed by atoms with van der Waals surface area (Å²) in [5.74, 6) is -1.14. The van der Waals surface area contributed by atoms with E-state index in [1.54, 1.807) is 34.7 Å². The molecule has 0 unspecified atom stereocenters. The minimum Gasteiger partial charge on any atom is -0.285 e. The first-order valence-corrected chi connectivity index (χ1v) is 10.1. The van der Waals surface area contributed by atoms with E-state index >= 15 is 0 Å². The van der Waals surface area contributed by atoms with Gasteiger partial charge in [0.2, 0.25) is 5.78 Å². The highest BCUT2D eigenvalue weighted by atomic mass is 35.5. The van der Waals surface area contributed by atoms with E-state index in [0.717, 1.165) is 15.8 Å². The fourth-order valence-corrected chi connectivity index (χ4v) is 4.68. The number of carbonyl (C=O) groups excluding carboxylic acids is 2. The molecule has 0 amide bonds. The van der Waals surface area contributed by atoms with Crippen molar-refractivity contribution in [3.05, 3.63) is 95.1 Å². The number of benzene rings is 3. The third-order valence-corrected chi connectivity index (χ3v) is 5.95. The molecule has 0 aliphatic heterocycles. The van der Waals surface area contributed by atoms with Crippen LogP contribution in [-0.2, 0) is 0 Å². The van der Waals surface area contributed by atoms with E-state index in [-0.39, 0.29) is 5.69 Å². The average Bonchev–Trinajstić information content (AvgIpc) is 3.29. The van der Waals surface area contributed by atoms with Gasteiger partial charge in [-0.2, -0.15) is 0 Å². The first kappa shape index (κ1) is 17.8. The maximum absolute atomic E-state index is 13.4. The van der Waals surface area contributed by atoms with Gasteiger partial charge in [0.05, 0.1) is 10.2 Å². The van der Waals surface area contributed by atoms with Gasteiger partial charge in [0, 0.05) is 16.1 Å². The van der Waals surface area contributed by atoms with Crippen LogP contribution < -0.4 is 0 Å². The highest BCUT2D eigenvalue weighted by molar-refractivity contribution is 7.23. The second-order valence-electron chi connectivity index (χ2n) is 6.53. The van der Waals surface area contributed by atoms with E-state index in [1.807, 2.05) is 48.5 Å². The van der Waals surface area contributed by atoms with Gasteiger partial charge in [0.25, 0.3) is 5.78 Å². The summed E-state index contributed by atoms with van der Waals surface area (Å²) in [6.45, 7) is 0. The van der Waals surface area contributed by atoms with Crippen molar-refractivity contribution in [1.29, 1.82) is 0 Å². The molecule has 2 aromatic heterocycles. The molecule has 5 aromatic rings. The number of nitrogens with zero attached hydrogens (tertiary/aromatic N) is 2. The molecule has 29 heavy (non-hydrogen) atoms. The molecule has 0 radical (unpaired) electrons. The molecular formula is C23H13ClN2O2S. The molecule has 6 heteroatoms. The van der Waals surface area contributed by atoms with E-state index in [9.17, 15) is 9.59 Å². The molecule has 0 aliphatic carbocycles. The van der Waals surface area contributed by atoms with Gasteiger partial charge in [-0.1, -0.05) is 83.6 Å². The normalized spacial score (nSPS) is 11.2. The van der Waals surface area contributed by atoms with Crippen LogP contribution in [0.1, 0.15) is 20.8 Å². The average molecular weight is 417 g/mol. The van der Waals surface area contributed by atoms with Gasteiger partial charge in [-0.15, -0.1) is 0 Å². The molecule has 0 atom stereocenters. The van der Waals surface area contributed by atoms with Gasteiger partial charge in [-0.3, -0.25) is 14.0 Å². The third-order valence-electron chi connectivity index (χ3n) is 4.72. The molecule has 140 valence electrons. The highest BCUT2D eigenvalue weighted by Crippen LogP contribution is 2.34. The molecule has 2 heterocycles. The molecule has 3 aromatic carbocycles. The van der Waals surface area contributed by atoms with Gasteiger partial charge >= 0.3 is 0 Å². The molecule has 0 saturated heterocycles. The molecule has 0 aliphatic rings. The minimum absolute atomic E-state index is 0.272. The number of aromatic nitrogens is 2. The number of hydrogen-bond acceptors (Lipinski definition) is 4. The maximum atomic E-state index is 13.4. The number of carbonyl (C=O) groups is 2. The van der Waals surface area contributed by atoms with Gasteiger partial charge in [0.1, 0.15) is 11.4 Å². The van der Waals surface area contributed by atoms with Gasteiger partial charge in [-0.25, -0.2) is 4.98 Å². The van der Waals surface area contributed by atoms with Crippen molar-refractivity contribution < 1.29 is 9.59 Å². The summed E-state index contributed by atoms with van der Waals surface area (Å²) in [7, 11) is 0. The molecule has 5 rings (SSSR count). The van der Waals surface area contributed by atoms with E-state index in [1.165, 1.54) is 11.3 Å². The lowest BCUT2D eigenvalue weighted by Crippen LogP contribution is -2.17. The SMILES string of the molecule is O=C(C(=O)c1c(-c2ccccc2)nc2sc3cc(Cl)ccc3n12)c1ccccc1. The second kappa shape index (κ2) is 6.95. The van der Waals surface area contributed by atoms with Crippen LogP contribution in [0.4, 0.5) is 0 Å². The second-order valence-corrected chi connectivity index (χ2v) is 7.98. The largest absolute Gasteiger partial charge is 0.285 e. The fourth-order valence-electron chi connectivity index (χ4n) is 3.38. The summed E-state index contributed by atoms with van der Waals surface area (Å²) in [5, 5.41) is 0.610. The van der Waals surface area contributed by atoms with Gasteiger partial charge in [0.15, 0.2) is 4.96 Å². The Morgan fingerprint density at radius 1 is 0.862 bits per heavy atom. The Bertz CT molecular complexity index is 1390. The molecule has 0 N–H and O–H groups in total. The molecular weight excluding hydrogens is 404 g/mol. The summed E-state index contributed by atoms with van der Waals surface area (Å²) >= 11 is 7.56. The molecule has 0 bridgehead atoms. The predicted molar refractivity (Wildman–Crippen MR) is 116 cm³/mol. The van der Waals surface area contributed by atoms with Crippen LogP contribution >= 0.6 is 22.9 Å². The summed E-state index contributed by atoms with van der Waals surface area (Å²) in [6.07, 6.45) is 0. The van der Waals surface area contributed by atoms with Crippen LogP contribution in [0.25, 0.3) is 26.4 Å². The highest BCUT2D eigenvalue weighted by Gasteiger charge is 2.28. The summed E-state index contributed by atoms with van der Waals surface area (Å²) < 4.78 is 2.67. The zero-order valence-corrected chi connectivity index (χ0v) is 16.6. The number of halogens is 1. The zero-order chi connectivity index (χ0) is 20.0. The van der Waals surface area contributed by atoms with E-state index in [4.69, 9.17) is 16.6 Å². The molecule has 0 fully saturated rings. The third kappa shape index (κ3) is 2.95. The lowest BCUT2D eigenvalue weighted by molar-refractivity contribution is 0.0814. The number of imidazole rings is 1. The summed E-state index contributed by atoms with van der Waals surface area (Å²) in [4.78, 5) is 31.7. The quantitative estimate of drug-likeness (QED) is 0.269. The predicted octanol–water partition coefficient (Wildman–Crippen LogP) is 5.94. The number of thiazole rings is 1. The Balaban J connectivity index is 1.79. The first-order valence-electron chi connectivity index (χ1n) is 8.93. The van der Waals surface area contributed by atoms with Crippen LogP contribution in [0.5, 0.6) is 0 Å². The topological polar surface area (TPSA) is 51.4 Å². The standard InChI is InChI=1S/C23H13ClN2O2S/c24-16-11-12-17-18(13-16)29-23-25-19(14-7-3-1-4-8-14)20(26(17)23)22(28)21(27)15-9-5-2-6-10-15/h1-13H. The van der Waals surface area contributed by atoms with Crippen LogP contribution in [0.3, 0.4) is 0 Å². The number of hydrogen-bond donors (Lipinski definition) is 0. The number of Topliss-reactive ketones (excluding diaryl/α,β-unsaturated/α-hetero) is 2. The smallest absolute Gasteiger partial charge is 0.252 e. The van der Waals surface area contributed by atoms with E-state index < -0.39 is 11.6 Å². The zero-order valence-electron chi connectivity index (χ0n) is 15.0. The Morgan fingerprint density at radius 2 is 1.55 bits per heavy atom. The van der Waals surface area contributed by atoms with E-state index in [0.29, 0.717) is 21.2 Å². The maximum Gasteiger partial charge on any atom is 0.252 e. The lowest BCUT2D eigenvalue weighted by atomic mass is 10.0. The van der Waals surface area contributed by atoms with Crippen LogP contribution in [0, 0.1) is 0 Å². The van der Waals surface area contributed by atoms with Gasteiger partial charge in [-0.05, 0) is 18.2 Å². The summed E-state index contributed by atoms with van der Waals surface area (Å²) in [6, 6.07) is 23.5. The summed E-state index contributed by atoms with van der Waals surface area (Å²) in [5.41, 5.74) is 2.72. The Kier molecular flexibility index (Phi) is 4.27. The molecule has 0 saturated carbocycles. The Morgan fingerprint density at radius 3 is 2.28 bits per heavy atom. The van der Waals surface area contributed by atoms with Gasteiger partial charge < -0.3 is 0 Å². The van der Waals surface area contributed by atoms with Crippen molar-refractivity contribution in [1.82, 2.24) is 9.38 Å². The monoisotopic (exact) mass is 416 g/mol. The Hall–Kier alpha value is -3.28. The lowest BCUT2D eigenvalue weighted by Gasteiger charge is -2.05. The number of fused-ring (bicyclic) bond motifs is 3. The van der Waals surface area contributed by atoms with Crippen molar-refractivity contribution in [3.63, 3.8) is 0 Å². The molecule has 0 spiro atoms. The van der Waals surface area contributed by atoms with Crippen molar-refractivity contribution in [2.45, 2.75) is 0 Å². The van der Waals surface area contributed by atoms with Crippen molar-refractivity contribution in [2.75, 3.05) is 0 Å². The number of rotatable bonds is 4. The van der Waals surface area contributed by atoms with Crippen molar-refractivity contribution in [2.24, 2.45) is 0 Å². The van der Waals surface area contributed by atoms with Crippen molar-refractivity contribution in [3.8, 4) is 11.3 Å². The van der Waals surface area contributed by atoms with E-state index in [2.05, 4.69) is 0 Å². The van der Waals surface area contributed by atoms with Crippen molar-refractivity contribution >= 4 is 49.7 Å². The molecule has 4 nitrogen and oxygen atoms in total. The van der Waals surface area contributed by atoms with Crippen LogP contribution in [0.2, 0.25) is 5.02 Å².